The molecule has 0 aliphatic carbocycles. The molecule has 0 radical (unpaired) electrons. The zero-order chi connectivity index (χ0) is 19.2. The van der Waals surface area contributed by atoms with E-state index in [0.29, 0.717) is 19.1 Å². The first kappa shape index (κ1) is 25.0. The van der Waals surface area contributed by atoms with Crippen LogP contribution in [-0.4, -0.2) is 58.6 Å². The van der Waals surface area contributed by atoms with Crippen LogP contribution >= 0.6 is 24.0 Å². The van der Waals surface area contributed by atoms with Gasteiger partial charge in [-0.25, -0.2) is 0 Å². The Morgan fingerprint density at radius 2 is 2.04 bits per heavy atom. The Labute approximate surface area is 186 Å². The van der Waals surface area contributed by atoms with E-state index in [1.165, 1.54) is 5.56 Å². The third-order valence-electron chi connectivity index (χ3n) is 4.41. The highest BCUT2D eigenvalue weighted by molar-refractivity contribution is 14.0. The number of ether oxygens (including phenoxy) is 3. The van der Waals surface area contributed by atoms with E-state index in [2.05, 4.69) is 35.5 Å². The van der Waals surface area contributed by atoms with Crippen LogP contribution in [0.1, 0.15) is 31.7 Å². The average molecular weight is 505 g/mol. The second kappa shape index (κ2) is 15.8. The van der Waals surface area contributed by atoms with Gasteiger partial charge in [-0.05, 0) is 56.7 Å². The van der Waals surface area contributed by atoms with E-state index in [9.17, 15) is 0 Å². The van der Waals surface area contributed by atoms with Gasteiger partial charge >= 0.3 is 0 Å². The van der Waals surface area contributed by atoms with Crippen molar-refractivity contribution in [3.05, 3.63) is 29.8 Å². The van der Waals surface area contributed by atoms with Crippen LogP contribution in [0.15, 0.2) is 29.3 Å². The summed E-state index contributed by atoms with van der Waals surface area (Å²) in [6.07, 6.45) is 3.17. The van der Waals surface area contributed by atoms with Gasteiger partial charge in [-0.3, -0.25) is 4.99 Å². The van der Waals surface area contributed by atoms with Crippen molar-refractivity contribution in [2.75, 3.05) is 52.7 Å². The number of aliphatic imine (C=N–C) groups is 1. The Morgan fingerprint density at radius 3 is 2.79 bits per heavy atom. The van der Waals surface area contributed by atoms with Crippen LogP contribution in [0.2, 0.25) is 0 Å². The minimum atomic E-state index is 0. The summed E-state index contributed by atoms with van der Waals surface area (Å²) in [7, 11) is 0. The number of hydrogen-bond donors (Lipinski definition) is 2. The van der Waals surface area contributed by atoms with Crippen molar-refractivity contribution in [3.8, 4) is 5.75 Å². The molecule has 1 aromatic rings. The zero-order valence-electron chi connectivity index (χ0n) is 17.2. The fourth-order valence-corrected chi connectivity index (χ4v) is 2.91. The van der Waals surface area contributed by atoms with Crippen LogP contribution in [0.4, 0.5) is 0 Å². The van der Waals surface area contributed by atoms with E-state index in [1.807, 2.05) is 18.2 Å². The maximum atomic E-state index is 5.79. The highest BCUT2D eigenvalue weighted by Gasteiger charge is 2.13. The van der Waals surface area contributed by atoms with Crippen LogP contribution in [0.5, 0.6) is 5.75 Å². The van der Waals surface area contributed by atoms with E-state index in [0.717, 1.165) is 70.5 Å². The third-order valence-corrected chi connectivity index (χ3v) is 4.41. The molecule has 1 aliphatic heterocycles. The highest BCUT2D eigenvalue weighted by Crippen LogP contribution is 2.14. The SMILES string of the molecule is CCNC(=NCCCOCC1CCOCC1)NCCOc1cccc(C)c1.I. The lowest BCUT2D eigenvalue weighted by atomic mass is 10.0. The van der Waals surface area contributed by atoms with Crippen molar-refractivity contribution >= 4 is 29.9 Å². The van der Waals surface area contributed by atoms with E-state index in [1.54, 1.807) is 0 Å². The Kier molecular flexibility index (Phi) is 14.1. The first-order chi connectivity index (χ1) is 13.3. The maximum absolute atomic E-state index is 5.79. The van der Waals surface area contributed by atoms with Gasteiger partial charge in [-0.15, -0.1) is 24.0 Å². The Bertz CT molecular complexity index is 551. The van der Waals surface area contributed by atoms with Crippen molar-refractivity contribution in [2.45, 2.75) is 33.1 Å². The van der Waals surface area contributed by atoms with Gasteiger partial charge in [0, 0.05) is 39.5 Å². The van der Waals surface area contributed by atoms with Crippen molar-refractivity contribution in [3.63, 3.8) is 0 Å². The van der Waals surface area contributed by atoms with Crippen LogP contribution < -0.4 is 15.4 Å². The number of hydrogen-bond acceptors (Lipinski definition) is 4. The number of benzene rings is 1. The second-order valence-corrected chi connectivity index (χ2v) is 6.84. The third kappa shape index (κ3) is 11.1. The molecular formula is C21H36IN3O3. The Hall–Kier alpha value is -1.06. The van der Waals surface area contributed by atoms with Crippen LogP contribution in [0.3, 0.4) is 0 Å². The molecule has 0 spiro atoms. The molecule has 6 nitrogen and oxygen atoms in total. The summed E-state index contributed by atoms with van der Waals surface area (Å²) in [6, 6.07) is 8.09. The predicted molar refractivity (Wildman–Crippen MR) is 125 cm³/mol. The molecule has 7 heteroatoms. The molecule has 2 rings (SSSR count). The topological polar surface area (TPSA) is 64.1 Å². The molecule has 0 saturated carbocycles. The van der Waals surface area contributed by atoms with Gasteiger partial charge in [0.1, 0.15) is 12.4 Å². The van der Waals surface area contributed by atoms with Gasteiger partial charge < -0.3 is 24.8 Å². The summed E-state index contributed by atoms with van der Waals surface area (Å²) < 4.78 is 16.9. The number of rotatable bonds is 11. The molecule has 0 unspecified atom stereocenters. The van der Waals surface area contributed by atoms with E-state index < -0.39 is 0 Å². The first-order valence-corrected chi connectivity index (χ1v) is 10.1. The van der Waals surface area contributed by atoms with Crippen molar-refractivity contribution < 1.29 is 14.2 Å². The van der Waals surface area contributed by atoms with Crippen LogP contribution in [0, 0.1) is 12.8 Å². The van der Waals surface area contributed by atoms with Crippen molar-refractivity contribution in [1.82, 2.24) is 10.6 Å². The quantitative estimate of drug-likeness (QED) is 0.209. The van der Waals surface area contributed by atoms with Crippen LogP contribution in [-0.2, 0) is 9.47 Å². The number of nitrogens with zero attached hydrogens (tertiary/aromatic N) is 1. The molecule has 1 fully saturated rings. The molecule has 1 aromatic carbocycles. The zero-order valence-corrected chi connectivity index (χ0v) is 19.6. The highest BCUT2D eigenvalue weighted by atomic mass is 127. The Balaban J connectivity index is 0.00000392. The van der Waals surface area contributed by atoms with Gasteiger partial charge in [-0.1, -0.05) is 12.1 Å². The molecule has 2 N–H and O–H groups in total. The summed E-state index contributed by atoms with van der Waals surface area (Å²) in [5.74, 6) is 2.39. The lowest BCUT2D eigenvalue weighted by Crippen LogP contribution is -2.39. The van der Waals surface area contributed by atoms with E-state index in [-0.39, 0.29) is 24.0 Å². The Morgan fingerprint density at radius 1 is 1.21 bits per heavy atom. The predicted octanol–water partition coefficient (Wildman–Crippen LogP) is 3.38. The summed E-state index contributed by atoms with van der Waals surface area (Å²) in [6.45, 7) is 10.4. The minimum Gasteiger partial charge on any atom is -0.492 e. The normalized spacial score (nSPS) is 15.0. The lowest BCUT2D eigenvalue weighted by molar-refractivity contribution is 0.0205. The summed E-state index contributed by atoms with van der Waals surface area (Å²) in [5, 5.41) is 6.57. The molecule has 0 atom stereocenters. The smallest absolute Gasteiger partial charge is 0.191 e. The van der Waals surface area contributed by atoms with Gasteiger partial charge in [0.2, 0.25) is 0 Å². The molecular weight excluding hydrogens is 469 g/mol. The van der Waals surface area contributed by atoms with Gasteiger partial charge in [0.05, 0.1) is 6.54 Å². The number of aryl methyl sites for hydroxylation is 1. The number of nitrogens with one attached hydrogen (secondary N) is 2. The van der Waals surface area contributed by atoms with Gasteiger partial charge in [-0.2, -0.15) is 0 Å². The number of halogens is 1. The van der Waals surface area contributed by atoms with Crippen molar-refractivity contribution in [2.24, 2.45) is 10.9 Å². The summed E-state index contributed by atoms with van der Waals surface area (Å²) >= 11 is 0. The molecule has 160 valence electrons. The summed E-state index contributed by atoms with van der Waals surface area (Å²) in [4.78, 5) is 4.60. The monoisotopic (exact) mass is 505 g/mol. The molecule has 28 heavy (non-hydrogen) atoms. The molecule has 1 heterocycles. The standard InChI is InChI=1S/C21H35N3O3.HI/c1-3-22-21(24-11-15-27-20-7-4-6-18(2)16-20)23-10-5-12-26-17-19-8-13-25-14-9-19;/h4,6-7,16,19H,3,5,8-15,17H2,1-2H3,(H2,22,23,24);1H. The fraction of sp³-hybridized carbons (Fsp3) is 0.667. The fourth-order valence-electron chi connectivity index (χ4n) is 2.91. The second-order valence-electron chi connectivity index (χ2n) is 6.84. The first-order valence-electron chi connectivity index (χ1n) is 10.1. The van der Waals surface area contributed by atoms with Crippen molar-refractivity contribution in [1.29, 1.82) is 0 Å². The van der Waals surface area contributed by atoms with Gasteiger partial charge in [0.15, 0.2) is 5.96 Å². The van der Waals surface area contributed by atoms with E-state index >= 15 is 0 Å². The maximum Gasteiger partial charge on any atom is 0.191 e. The summed E-state index contributed by atoms with van der Waals surface area (Å²) in [5.41, 5.74) is 1.20. The minimum absolute atomic E-state index is 0. The molecule has 0 bridgehead atoms. The lowest BCUT2D eigenvalue weighted by Gasteiger charge is -2.21. The largest absolute Gasteiger partial charge is 0.492 e. The molecule has 1 aliphatic rings. The molecule has 0 aromatic heterocycles. The van der Waals surface area contributed by atoms with E-state index in [4.69, 9.17) is 14.2 Å². The van der Waals surface area contributed by atoms with Gasteiger partial charge in [0.25, 0.3) is 0 Å². The average Bonchev–Trinajstić information content (AvgIpc) is 2.68. The molecule has 1 saturated heterocycles. The molecule has 0 amide bonds. The number of guanidine groups is 1. The van der Waals surface area contributed by atoms with Crippen LogP contribution in [0.25, 0.3) is 0 Å².